The van der Waals surface area contributed by atoms with E-state index >= 15 is 0 Å². The molecular weight excluding hydrogens is 330 g/mol. The van der Waals surface area contributed by atoms with Crippen LogP contribution >= 0.6 is 23.2 Å². The fraction of sp³-hybridized carbons (Fsp3) is 0.533. The Kier molecular flexibility index (Phi) is 6.03. The summed E-state index contributed by atoms with van der Waals surface area (Å²) in [6.07, 6.45) is 1.51. The van der Waals surface area contributed by atoms with Crippen molar-refractivity contribution in [2.45, 2.75) is 31.8 Å². The Morgan fingerprint density at radius 3 is 2.68 bits per heavy atom. The summed E-state index contributed by atoms with van der Waals surface area (Å²) in [5.41, 5.74) is 6.37. The zero-order valence-electron chi connectivity index (χ0n) is 12.2. The zero-order chi connectivity index (χ0) is 16.3. The van der Waals surface area contributed by atoms with Crippen LogP contribution in [-0.4, -0.2) is 25.2 Å². The summed E-state index contributed by atoms with van der Waals surface area (Å²) >= 11 is 12.0. The number of carbonyl (C=O) groups excluding carboxylic acids is 1. The van der Waals surface area contributed by atoms with E-state index in [1.54, 1.807) is 6.92 Å². The highest BCUT2D eigenvalue weighted by molar-refractivity contribution is 6.36. The SMILES string of the molecule is CC(NC(=O)C(N)C1CCOCC1)c1c(Cl)ccc(F)c1Cl. The second kappa shape index (κ2) is 7.59. The van der Waals surface area contributed by atoms with E-state index in [1.807, 2.05) is 0 Å². The molecule has 2 atom stereocenters. The summed E-state index contributed by atoms with van der Waals surface area (Å²) in [6.45, 7) is 2.92. The molecule has 2 rings (SSSR count). The molecule has 0 bridgehead atoms. The number of amides is 1. The third-order valence-corrected chi connectivity index (χ3v) is 4.66. The van der Waals surface area contributed by atoms with Crippen LogP contribution in [0.2, 0.25) is 10.0 Å². The Morgan fingerprint density at radius 2 is 2.05 bits per heavy atom. The standard InChI is InChI=1S/C15H19Cl2FN2O2/c1-8(12-10(16)2-3-11(18)13(12)17)20-15(21)14(19)9-4-6-22-7-5-9/h2-3,8-9,14H,4-7,19H2,1H3,(H,20,21). The van der Waals surface area contributed by atoms with E-state index in [2.05, 4.69) is 5.32 Å². The number of carbonyl (C=O) groups is 1. The van der Waals surface area contributed by atoms with Gasteiger partial charge in [0.2, 0.25) is 5.91 Å². The lowest BCUT2D eigenvalue weighted by molar-refractivity contribution is -0.125. The van der Waals surface area contributed by atoms with E-state index < -0.39 is 17.9 Å². The monoisotopic (exact) mass is 348 g/mol. The maximum Gasteiger partial charge on any atom is 0.237 e. The third kappa shape index (κ3) is 3.90. The summed E-state index contributed by atoms with van der Waals surface area (Å²) in [5.74, 6) is -0.786. The van der Waals surface area contributed by atoms with Crippen LogP contribution in [0.1, 0.15) is 31.4 Å². The Bertz CT molecular complexity index is 551. The maximum absolute atomic E-state index is 13.6. The molecular formula is C15H19Cl2FN2O2. The summed E-state index contributed by atoms with van der Waals surface area (Å²) in [7, 11) is 0. The van der Waals surface area contributed by atoms with Crippen LogP contribution in [0.15, 0.2) is 12.1 Å². The van der Waals surface area contributed by atoms with Gasteiger partial charge in [0.25, 0.3) is 0 Å². The lowest BCUT2D eigenvalue weighted by Crippen LogP contribution is -2.47. The van der Waals surface area contributed by atoms with E-state index in [-0.39, 0.29) is 16.8 Å². The Morgan fingerprint density at radius 1 is 1.41 bits per heavy atom. The molecule has 1 aromatic carbocycles. The molecule has 0 radical (unpaired) electrons. The quantitative estimate of drug-likeness (QED) is 0.822. The molecule has 1 fully saturated rings. The fourth-order valence-electron chi connectivity index (χ4n) is 2.61. The van der Waals surface area contributed by atoms with Crippen molar-refractivity contribution in [1.82, 2.24) is 5.32 Å². The number of nitrogens with two attached hydrogens (primary N) is 1. The molecule has 2 unspecified atom stereocenters. The first-order chi connectivity index (χ1) is 10.4. The molecule has 1 aliphatic heterocycles. The minimum absolute atomic E-state index is 0.0828. The lowest BCUT2D eigenvalue weighted by Gasteiger charge is -2.28. The first kappa shape index (κ1) is 17.5. The molecule has 1 amide bonds. The van der Waals surface area contributed by atoms with E-state index in [9.17, 15) is 9.18 Å². The maximum atomic E-state index is 13.6. The largest absolute Gasteiger partial charge is 0.381 e. The molecule has 0 spiro atoms. The molecule has 1 saturated heterocycles. The molecule has 7 heteroatoms. The predicted octanol–water partition coefficient (Wildman–Crippen LogP) is 3.06. The van der Waals surface area contributed by atoms with Gasteiger partial charge in [0.1, 0.15) is 5.82 Å². The molecule has 0 aromatic heterocycles. The van der Waals surface area contributed by atoms with Gasteiger partial charge in [-0.1, -0.05) is 23.2 Å². The van der Waals surface area contributed by atoms with Crippen molar-refractivity contribution in [1.29, 1.82) is 0 Å². The minimum Gasteiger partial charge on any atom is -0.381 e. The molecule has 1 aromatic rings. The topological polar surface area (TPSA) is 64.4 Å². The van der Waals surface area contributed by atoms with E-state index in [1.165, 1.54) is 12.1 Å². The minimum atomic E-state index is -0.627. The van der Waals surface area contributed by atoms with Gasteiger partial charge in [0, 0.05) is 23.8 Å². The lowest BCUT2D eigenvalue weighted by atomic mass is 9.91. The first-order valence-electron chi connectivity index (χ1n) is 7.19. The van der Waals surface area contributed by atoms with Crippen molar-refractivity contribution in [3.05, 3.63) is 33.6 Å². The number of rotatable bonds is 4. The number of nitrogens with one attached hydrogen (secondary N) is 1. The average Bonchev–Trinajstić information content (AvgIpc) is 2.51. The molecule has 22 heavy (non-hydrogen) atoms. The molecule has 1 heterocycles. The molecule has 122 valence electrons. The Hall–Kier alpha value is -0.880. The van der Waals surface area contributed by atoms with Gasteiger partial charge < -0.3 is 15.8 Å². The van der Waals surface area contributed by atoms with Gasteiger partial charge in [0.05, 0.1) is 17.1 Å². The van der Waals surface area contributed by atoms with Crippen LogP contribution in [0.4, 0.5) is 4.39 Å². The zero-order valence-corrected chi connectivity index (χ0v) is 13.8. The highest BCUT2D eigenvalue weighted by atomic mass is 35.5. The van der Waals surface area contributed by atoms with Gasteiger partial charge in [0.15, 0.2) is 0 Å². The summed E-state index contributed by atoms with van der Waals surface area (Å²) < 4.78 is 18.8. The van der Waals surface area contributed by atoms with E-state index in [0.717, 1.165) is 12.8 Å². The number of halogens is 3. The van der Waals surface area contributed by atoms with E-state index in [0.29, 0.717) is 23.8 Å². The third-order valence-electron chi connectivity index (χ3n) is 3.95. The molecule has 0 aliphatic carbocycles. The molecule has 4 nitrogen and oxygen atoms in total. The van der Waals surface area contributed by atoms with Gasteiger partial charge in [-0.25, -0.2) is 4.39 Å². The van der Waals surface area contributed by atoms with Gasteiger partial charge >= 0.3 is 0 Å². The van der Waals surface area contributed by atoms with Crippen LogP contribution in [0.3, 0.4) is 0 Å². The Labute approximate surface area is 139 Å². The van der Waals surface area contributed by atoms with Crippen molar-refractivity contribution in [2.24, 2.45) is 11.7 Å². The number of benzene rings is 1. The normalized spacial score (nSPS) is 18.8. The average molecular weight is 349 g/mol. The highest BCUT2D eigenvalue weighted by Crippen LogP contribution is 2.32. The van der Waals surface area contributed by atoms with Gasteiger partial charge in [-0.2, -0.15) is 0 Å². The van der Waals surface area contributed by atoms with Gasteiger partial charge in [-0.3, -0.25) is 4.79 Å². The fourth-order valence-corrected chi connectivity index (χ4v) is 3.31. The molecule has 3 N–H and O–H groups in total. The number of hydrogen-bond acceptors (Lipinski definition) is 3. The predicted molar refractivity (Wildman–Crippen MR) is 84.5 cm³/mol. The van der Waals surface area contributed by atoms with Crippen molar-refractivity contribution < 1.29 is 13.9 Å². The smallest absolute Gasteiger partial charge is 0.237 e. The van der Waals surface area contributed by atoms with Crippen LogP contribution in [-0.2, 0) is 9.53 Å². The van der Waals surface area contributed by atoms with Crippen LogP contribution < -0.4 is 11.1 Å². The Balaban J connectivity index is 2.06. The van der Waals surface area contributed by atoms with Crippen LogP contribution in [0.25, 0.3) is 0 Å². The van der Waals surface area contributed by atoms with Gasteiger partial charge in [-0.15, -0.1) is 0 Å². The second-order valence-corrected chi connectivity index (χ2v) is 6.25. The highest BCUT2D eigenvalue weighted by Gasteiger charge is 2.28. The van der Waals surface area contributed by atoms with Crippen molar-refractivity contribution in [3.8, 4) is 0 Å². The number of hydrogen-bond donors (Lipinski definition) is 2. The van der Waals surface area contributed by atoms with Crippen molar-refractivity contribution in [2.75, 3.05) is 13.2 Å². The summed E-state index contributed by atoms with van der Waals surface area (Å²) in [5, 5.41) is 2.98. The summed E-state index contributed by atoms with van der Waals surface area (Å²) in [6, 6.07) is 1.45. The molecule has 0 saturated carbocycles. The second-order valence-electron chi connectivity index (χ2n) is 5.46. The van der Waals surface area contributed by atoms with Crippen LogP contribution in [0.5, 0.6) is 0 Å². The van der Waals surface area contributed by atoms with Crippen LogP contribution in [0, 0.1) is 11.7 Å². The number of ether oxygens (including phenoxy) is 1. The van der Waals surface area contributed by atoms with Gasteiger partial charge in [-0.05, 0) is 37.8 Å². The summed E-state index contributed by atoms with van der Waals surface area (Å²) in [4.78, 5) is 12.3. The molecule has 1 aliphatic rings. The van der Waals surface area contributed by atoms with E-state index in [4.69, 9.17) is 33.7 Å². The first-order valence-corrected chi connectivity index (χ1v) is 7.94. The van der Waals surface area contributed by atoms with Crippen molar-refractivity contribution >= 4 is 29.1 Å². The van der Waals surface area contributed by atoms with Crippen molar-refractivity contribution in [3.63, 3.8) is 0 Å².